The molecular formula is C22H28FN3O4S. The number of sulfonamides is 1. The molecular weight excluding hydrogens is 421 g/mol. The van der Waals surface area contributed by atoms with Crippen molar-refractivity contribution in [1.29, 1.82) is 0 Å². The molecule has 0 fully saturated rings. The van der Waals surface area contributed by atoms with E-state index < -0.39 is 27.8 Å². The molecule has 0 aliphatic carbocycles. The van der Waals surface area contributed by atoms with E-state index in [4.69, 9.17) is 0 Å². The number of carbonyl (C=O) groups is 2. The Bertz CT molecular complexity index is 1010. The Labute approximate surface area is 182 Å². The Hall–Kier alpha value is -2.94. The molecule has 2 N–H and O–H groups in total. The highest BCUT2D eigenvalue weighted by Crippen LogP contribution is 2.24. The van der Waals surface area contributed by atoms with Gasteiger partial charge >= 0.3 is 0 Å². The maximum Gasteiger partial charge on any atom is 0.253 e. The summed E-state index contributed by atoms with van der Waals surface area (Å²) in [6.45, 7) is 4.21. The van der Waals surface area contributed by atoms with Crippen LogP contribution in [0.3, 0.4) is 0 Å². The van der Waals surface area contributed by atoms with Crippen LogP contribution in [0.1, 0.15) is 43.5 Å². The smallest absolute Gasteiger partial charge is 0.253 e. The van der Waals surface area contributed by atoms with Crippen molar-refractivity contribution in [2.24, 2.45) is 0 Å². The van der Waals surface area contributed by atoms with Crippen LogP contribution in [0.25, 0.3) is 0 Å². The van der Waals surface area contributed by atoms with Crippen molar-refractivity contribution in [3.8, 4) is 0 Å². The van der Waals surface area contributed by atoms with E-state index in [1.54, 1.807) is 31.2 Å². The minimum atomic E-state index is -3.85. The number of unbranched alkanes of at least 4 members (excludes halogenated alkanes) is 1. The van der Waals surface area contributed by atoms with Crippen LogP contribution in [0.15, 0.2) is 48.5 Å². The first kappa shape index (κ1) is 24.3. The van der Waals surface area contributed by atoms with Crippen molar-refractivity contribution in [1.82, 2.24) is 5.32 Å². The summed E-state index contributed by atoms with van der Waals surface area (Å²) in [7, 11) is -3.85. The van der Waals surface area contributed by atoms with E-state index in [9.17, 15) is 22.4 Å². The van der Waals surface area contributed by atoms with Gasteiger partial charge < -0.3 is 10.6 Å². The fourth-order valence-electron chi connectivity index (χ4n) is 3.13. The molecule has 2 rings (SSSR count). The summed E-state index contributed by atoms with van der Waals surface area (Å²) in [5.74, 6) is -1.43. The van der Waals surface area contributed by atoms with Gasteiger partial charge in [0.05, 0.1) is 23.2 Å². The van der Waals surface area contributed by atoms with Crippen LogP contribution in [-0.4, -0.2) is 39.1 Å². The average molecular weight is 450 g/mol. The topological polar surface area (TPSA) is 95.6 Å². The van der Waals surface area contributed by atoms with Crippen molar-refractivity contribution < 1.29 is 22.4 Å². The van der Waals surface area contributed by atoms with Crippen LogP contribution in [0.2, 0.25) is 0 Å². The number of halogens is 1. The second-order valence-electron chi connectivity index (χ2n) is 7.10. The molecule has 0 spiro atoms. The molecule has 2 amide bonds. The van der Waals surface area contributed by atoms with Crippen LogP contribution in [0.4, 0.5) is 15.8 Å². The fourth-order valence-corrected chi connectivity index (χ4v) is 4.34. The van der Waals surface area contributed by atoms with Gasteiger partial charge in [-0.2, -0.15) is 0 Å². The quantitative estimate of drug-likeness (QED) is 0.543. The molecule has 1 unspecified atom stereocenters. The minimum Gasteiger partial charge on any atom is -0.352 e. The van der Waals surface area contributed by atoms with Crippen LogP contribution in [0.5, 0.6) is 0 Å². The molecule has 0 saturated carbocycles. The largest absolute Gasteiger partial charge is 0.352 e. The normalized spacial score (nSPS) is 12.1. The Balaban J connectivity index is 2.32. The number of amides is 2. The summed E-state index contributed by atoms with van der Waals surface area (Å²) in [5, 5.41) is 5.49. The molecule has 168 valence electrons. The molecule has 0 radical (unpaired) electrons. The third-order valence-electron chi connectivity index (χ3n) is 4.66. The zero-order valence-electron chi connectivity index (χ0n) is 17.9. The molecule has 0 aliphatic rings. The summed E-state index contributed by atoms with van der Waals surface area (Å²) in [6.07, 6.45) is 2.92. The highest BCUT2D eigenvalue weighted by molar-refractivity contribution is 7.92. The molecule has 9 heteroatoms. The SMILES string of the molecule is CCCCNC(=O)c1ccccc1NC(=O)C(CC)N(c1ccc(F)cc1)S(C)(=O)=O. The summed E-state index contributed by atoms with van der Waals surface area (Å²) in [5.41, 5.74) is 0.749. The van der Waals surface area contributed by atoms with Gasteiger partial charge in [-0.15, -0.1) is 0 Å². The first-order chi connectivity index (χ1) is 14.7. The number of hydrogen-bond acceptors (Lipinski definition) is 4. The molecule has 31 heavy (non-hydrogen) atoms. The van der Waals surface area contributed by atoms with Gasteiger partial charge in [-0.05, 0) is 49.2 Å². The number of anilines is 2. The summed E-state index contributed by atoms with van der Waals surface area (Å²) in [4.78, 5) is 25.6. The molecule has 0 aromatic heterocycles. The summed E-state index contributed by atoms with van der Waals surface area (Å²) in [6, 6.07) is 10.3. The lowest BCUT2D eigenvalue weighted by molar-refractivity contribution is -0.117. The van der Waals surface area contributed by atoms with E-state index in [1.807, 2.05) is 6.92 Å². The zero-order valence-corrected chi connectivity index (χ0v) is 18.7. The average Bonchev–Trinajstić information content (AvgIpc) is 2.72. The van der Waals surface area contributed by atoms with Gasteiger partial charge in [0.15, 0.2) is 0 Å². The summed E-state index contributed by atoms with van der Waals surface area (Å²) >= 11 is 0. The molecule has 0 bridgehead atoms. The molecule has 1 atom stereocenters. The second-order valence-corrected chi connectivity index (χ2v) is 8.96. The third kappa shape index (κ3) is 6.52. The van der Waals surface area contributed by atoms with Gasteiger partial charge in [0.1, 0.15) is 11.9 Å². The lowest BCUT2D eigenvalue weighted by Crippen LogP contribution is -2.47. The van der Waals surface area contributed by atoms with Crippen LogP contribution in [-0.2, 0) is 14.8 Å². The van der Waals surface area contributed by atoms with Crippen molar-refractivity contribution >= 4 is 33.2 Å². The van der Waals surface area contributed by atoms with E-state index in [-0.39, 0.29) is 29.3 Å². The van der Waals surface area contributed by atoms with Gasteiger partial charge in [-0.25, -0.2) is 12.8 Å². The van der Waals surface area contributed by atoms with Gasteiger partial charge in [0, 0.05) is 6.54 Å². The second kappa shape index (κ2) is 10.9. The van der Waals surface area contributed by atoms with Crippen molar-refractivity contribution in [2.75, 3.05) is 22.4 Å². The molecule has 2 aromatic rings. The van der Waals surface area contributed by atoms with Crippen molar-refractivity contribution in [3.05, 3.63) is 59.9 Å². The van der Waals surface area contributed by atoms with E-state index >= 15 is 0 Å². The van der Waals surface area contributed by atoms with Crippen LogP contribution in [0, 0.1) is 5.82 Å². The Morgan fingerprint density at radius 2 is 1.71 bits per heavy atom. The maximum atomic E-state index is 13.3. The molecule has 0 heterocycles. The monoisotopic (exact) mass is 449 g/mol. The van der Waals surface area contributed by atoms with Crippen LogP contribution < -0.4 is 14.9 Å². The first-order valence-corrected chi connectivity index (χ1v) is 12.0. The number of carbonyl (C=O) groups excluding carboxylic acids is 2. The maximum absolute atomic E-state index is 13.3. The number of nitrogens with one attached hydrogen (secondary N) is 2. The van der Waals surface area contributed by atoms with E-state index in [1.165, 1.54) is 12.1 Å². The molecule has 0 aliphatic heterocycles. The fraction of sp³-hybridized carbons (Fsp3) is 0.364. The van der Waals surface area contributed by atoms with Crippen LogP contribution >= 0.6 is 0 Å². The van der Waals surface area contributed by atoms with E-state index in [0.717, 1.165) is 35.5 Å². The number of para-hydroxylation sites is 1. The lowest BCUT2D eigenvalue weighted by atomic mass is 10.1. The first-order valence-electron chi connectivity index (χ1n) is 10.1. The van der Waals surface area contributed by atoms with Crippen molar-refractivity contribution in [3.63, 3.8) is 0 Å². The lowest BCUT2D eigenvalue weighted by Gasteiger charge is -2.30. The Kier molecular flexibility index (Phi) is 8.56. The minimum absolute atomic E-state index is 0.168. The number of hydrogen-bond donors (Lipinski definition) is 2. The summed E-state index contributed by atoms with van der Waals surface area (Å²) < 4.78 is 39.3. The predicted octanol–water partition coefficient (Wildman–Crippen LogP) is 3.54. The van der Waals surface area contributed by atoms with Gasteiger partial charge in [0.25, 0.3) is 5.91 Å². The predicted molar refractivity (Wildman–Crippen MR) is 120 cm³/mol. The number of rotatable bonds is 10. The van der Waals surface area contributed by atoms with Gasteiger partial charge in [-0.1, -0.05) is 32.4 Å². The Morgan fingerprint density at radius 3 is 2.29 bits per heavy atom. The highest BCUT2D eigenvalue weighted by atomic mass is 32.2. The van der Waals surface area contributed by atoms with Gasteiger partial charge in [-0.3, -0.25) is 13.9 Å². The Morgan fingerprint density at radius 1 is 1.06 bits per heavy atom. The molecule has 0 saturated heterocycles. The van der Waals surface area contributed by atoms with E-state index in [2.05, 4.69) is 10.6 Å². The molecule has 7 nitrogen and oxygen atoms in total. The highest BCUT2D eigenvalue weighted by Gasteiger charge is 2.32. The number of benzene rings is 2. The zero-order chi connectivity index (χ0) is 23.0. The number of nitrogens with zero attached hydrogens (tertiary/aromatic N) is 1. The van der Waals surface area contributed by atoms with Crippen molar-refractivity contribution in [2.45, 2.75) is 39.2 Å². The third-order valence-corrected chi connectivity index (χ3v) is 5.84. The van der Waals surface area contributed by atoms with E-state index in [0.29, 0.717) is 6.54 Å². The van der Waals surface area contributed by atoms with Gasteiger partial charge in [0.2, 0.25) is 15.9 Å². The standard InChI is InChI=1S/C22H28FN3O4S/c1-4-6-15-24-21(27)18-9-7-8-10-19(18)25-22(28)20(5-2)26(31(3,29)30)17-13-11-16(23)12-14-17/h7-14,20H,4-6,15H2,1-3H3,(H,24,27)(H,25,28). The molecule has 2 aromatic carbocycles.